The number of carbonyl (C=O) groups is 1. The van der Waals surface area contributed by atoms with Crippen LogP contribution in [0.25, 0.3) is 0 Å². The van der Waals surface area contributed by atoms with E-state index in [-0.39, 0.29) is 6.10 Å². The normalized spacial score (nSPS) is 16.2. The van der Waals surface area contributed by atoms with Gasteiger partial charge in [0.05, 0.1) is 0 Å². The van der Waals surface area contributed by atoms with Crippen molar-refractivity contribution < 1.29 is 9.53 Å². The highest BCUT2D eigenvalue weighted by atomic mass is 16.5. The van der Waals surface area contributed by atoms with Crippen molar-refractivity contribution in [2.24, 2.45) is 0 Å². The van der Waals surface area contributed by atoms with E-state index in [1.807, 2.05) is 41.5 Å². The van der Waals surface area contributed by atoms with Gasteiger partial charge in [-0.25, -0.2) is 0 Å². The van der Waals surface area contributed by atoms with Crippen molar-refractivity contribution in [2.45, 2.75) is 60.5 Å². The molecule has 1 unspecified atom stereocenters. The summed E-state index contributed by atoms with van der Waals surface area (Å²) in [7, 11) is 0. The zero-order valence-electron chi connectivity index (χ0n) is 13.0. The zero-order chi connectivity index (χ0) is 15.0. The van der Waals surface area contributed by atoms with Crippen molar-refractivity contribution in [1.29, 1.82) is 0 Å². The van der Waals surface area contributed by atoms with Crippen LogP contribution in [0.3, 0.4) is 0 Å². The maximum Gasteiger partial charge on any atom is 0.160 e. The molecule has 106 valence electrons. The topological polar surface area (TPSA) is 26.3 Å². The van der Waals surface area contributed by atoms with E-state index in [1.54, 1.807) is 12.2 Å². The molecule has 0 aromatic rings. The Balaban J connectivity index is -0.000000328. The van der Waals surface area contributed by atoms with E-state index >= 15 is 0 Å². The first kappa shape index (κ1) is 21.9. The van der Waals surface area contributed by atoms with Crippen LogP contribution >= 0.6 is 0 Å². The second kappa shape index (κ2) is 18.1. The first-order chi connectivity index (χ1) is 8.81. The van der Waals surface area contributed by atoms with Gasteiger partial charge in [-0.2, -0.15) is 0 Å². The molecule has 0 saturated heterocycles. The average molecular weight is 254 g/mol. The lowest BCUT2D eigenvalue weighted by atomic mass is 10.0. The maximum atomic E-state index is 10.4. The molecular weight excluding hydrogens is 224 g/mol. The number of hydrogen-bond acceptors (Lipinski definition) is 2. The van der Waals surface area contributed by atoms with Crippen molar-refractivity contribution in [3.05, 3.63) is 36.6 Å². The Morgan fingerprint density at radius 1 is 1.06 bits per heavy atom. The van der Waals surface area contributed by atoms with Gasteiger partial charge in [0.1, 0.15) is 5.76 Å². The lowest BCUT2D eigenvalue weighted by Crippen LogP contribution is -2.18. The van der Waals surface area contributed by atoms with Gasteiger partial charge in [0.2, 0.25) is 0 Å². The maximum absolute atomic E-state index is 10.4. The van der Waals surface area contributed by atoms with Gasteiger partial charge in [0.25, 0.3) is 0 Å². The Morgan fingerprint density at radius 3 is 1.89 bits per heavy atom. The molecule has 2 heteroatoms. The summed E-state index contributed by atoms with van der Waals surface area (Å²) in [6.45, 7) is 19.3. The van der Waals surface area contributed by atoms with E-state index in [0.717, 1.165) is 24.7 Å². The van der Waals surface area contributed by atoms with Crippen LogP contribution in [0, 0.1) is 0 Å². The fourth-order valence-electron chi connectivity index (χ4n) is 1.20. The van der Waals surface area contributed by atoms with Gasteiger partial charge < -0.3 is 4.74 Å². The summed E-state index contributed by atoms with van der Waals surface area (Å²) in [4.78, 5) is 10.4. The average Bonchev–Trinajstić information content (AvgIpc) is 2.52. The third kappa shape index (κ3) is 8.80. The molecule has 0 N–H and O–H groups in total. The molecule has 0 spiro atoms. The molecule has 0 aliphatic carbocycles. The molecule has 18 heavy (non-hydrogen) atoms. The van der Waals surface area contributed by atoms with Crippen molar-refractivity contribution in [3.63, 3.8) is 0 Å². The molecule has 2 nitrogen and oxygen atoms in total. The molecule has 0 bridgehead atoms. The molecule has 1 heterocycles. The first-order valence-electron chi connectivity index (χ1n) is 6.91. The van der Waals surface area contributed by atoms with Crippen molar-refractivity contribution in [1.82, 2.24) is 0 Å². The number of hydrogen-bond donors (Lipinski definition) is 0. The van der Waals surface area contributed by atoms with Gasteiger partial charge in [0.15, 0.2) is 12.4 Å². The van der Waals surface area contributed by atoms with Crippen LogP contribution in [0.5, 0.6) is 0 Å². The molecule has 1 rings (SSSR count). The molecule has 1 aliphatic rings. The Morgan fingerprint density at radius 2 is 1.56 bits per heavy atom. The van der Waals surface area contributed by atoms with Crippen molar-refractivity contribution >= 4 is 6.29 Å². The van der Waals surface area contributed by atoms with Crippen LogP contribution < -0.4 is 0 Å². The van der Waals surface area contributed by atoms with Gasteiger partial charge in [-0.15, -0.1) is 0 Å². The number of aldehydes is 1. The van der Waals surface area contributed by atoms with E-state index in [9.17, 15) is 4.79 Å². The van der Waals surface area contributed by atoms with E-state index in [2.05, 4.69) is 13.2 Å². The monoisotopic (exact) mass is 254 g/mol. The third-order valence-corrected chi connectivity index (χ3v) is 1.88. The summed E-state index contributed by atoms with van der Waals surface area (Å²) in [5, 5.41) is 0. The third-order valence-electron chi connectivity index (χ3n) is 1.88. The van der Waals surface area contributed by atoms with E-state index in [1.165, 1.54) is 0 Å². The highest BCUT2D eigenvalue weighted by Gasteiger charge is 2.17. The molecule has 0 amide bonds. The fraction of sp³-hybridized carbons (Fsp3) is 0.562. The summed E-state index contributed by atoms with van der Waals surface area (Å²) in [6.07, 6.45) is 5.46. The first-order valence-corrected chi connectivity index (χ1v) is 6.91. The molecule has 1 atom stereocenters. The number of carbonyl (C=O) groups excluding carboxylic acids is 1. The summed E-state index contributed by atoms with van der Waals surface area (Å²) in [5.41, 5.74) is 1.03. The summed E-state index contributed by atoms with van der Waals surface area (Å²) >= 11 is 0. The highest BCUT2D eigenvalue weighted by molar-refractivity contribution is 5.57. The molecular formula is C16H30O2. The standard InChI is InChI=1S/C10H12O2.3C2H6/c1-3-8-5-6-9(7-11)12-10(8)4-2;3*1-2/h3-4,7,9H,1-2,5-6H2;3*1-2H3. The largest absolute Gasteiger partial charge is 0.483 e. The van der Waals surface area contributed by atoms with Crippen LogP contribution in [-0.4, -0.2) is 12.4 Å². The lowest BCUT2D eigenvalue weighted by Gasteiger charge is -2.21. The van der Waals surface area contributed by atoms with E-state index < -0.39 is 0 Å². The smallest absolute Gasteiger partial charge is 0.160 e. The molecule has 0 radical (unpaired) electrons. The Labute approximate surface area is 113 Å². The second-order valence-electron chi connectivity index (χ2n) is 2.63. The van der Waals surface area contributed by atoms with Crippen molar-refractivity contribution in [3.8, 4) is 0 Å². The molecule has 0 aromatic carbocycles. The number of ether oxygens (including phenoxy) is 1. The minimum Gasteiger partial charge on any atom is -0.483 e. The van der Waals surface area contributed by atoms with E-state index in [0.29, 0.717) is 5.76 Å². The SMILES string of the molecule is C=CC1=C(C=C)OC(C=O)CC1.CC.CC.CC. The predicted octanol–water partition coefficient (Wildman–Crippen LogP) is 5.07. The zero-order valence-corrected chi connectivity index (χ0v) is 13.0. The summed E-state index contributed by atoms with van der Waals surface area (Å²) < 4.78 is 5.31. The predicted molar refractivity (Wildman–Crippen MR) is 81.6 cm³/mol. The number of allylic oxidation sites excluding steroid dienone is 3. The van der Waals surface area contributed by atoms with Crippen LogP contribution in [0.15, 0.2) is 36.6 Å². The Bertz CT molecular complexity index is 239. The van der Waals surface area contributed by atoms with Crippen molar-refractivity contribution in [2.75, 3.05) is 0 Å². The Kier molecular flexibility index (Phi) is 22.0. The number of rotatable bonds is 3. The highest BCUT2D eigenvalue weighted by Crippen LogP contribution is 2.23. The molecule has 0 saturated carbocycles. The molecule has 0 fully saturated rings. The quantitative estimate of drug-likeness (QED) is 0.657. The minimum atomic E-state index is -0.304. The Hall–Kier alpha value is -1.31. The van der Waals surface area contributed by atoms with Crippen LogP contribution in [0.4, 0.5) is 0 Å². The minimum absolute atomic E-state index is 0.304. The van der Waals surface area contributed by atoms with Gasteiger partial charge in [-0.1, -0.05) is 60.8 Å². The van der Waals surface area contributed by atoms with Gasteiger partial charge in [0, 0.05) is 0 Å². The van der Waals surface area contributed by atoms with Crippen LogP contribution in [0.1, 0.15) is 54.4 Å². The summed E-state index contributed by atoms with van der Waals surface area (Å²) in [5.74, 6) is 0.688. The lowest BCUT2D eigenvalue weighted by molar-refractivity contribution is -0.116. The van der Waals surface area contributed by atoms with Crippen LogP contribution in [0.2, 0.25) is 0 Å². The fourth-order valence-corrected chi connectivity index (χ4v) is 1.20. The van der Waals surface area contributed by atoms with Gasteiger partial charge in [-0.3, -0.25) is 4.79 Å². The molecule has 0 aromatic heterocycles. The van der Waals surface area contributed by atoms with E-state index in [4.69, 9.17) is 4.74 Å². The summed E-state index contributed by atoms with van der Waals surface area (Å²) in [6, 6.07) is 0. The van der Waals surface area contributed by atoms with Gasteiger partial charge >= 0.3 is 0 Å². The second-order valence-corrected chi connectivity index (χ2v) is 2.63. The molecule has 1 aliphatic heterocycles. The van der Waals surface area contributed by atoms with Gasteiger partial charge in [-0.05, 0) is 24.5 Å². The van der Waals surface area contributed by atoms with Crippen LogP contribution in [-0.2, 0) is 9.53 Å².